The monoisotopic (exact) mass is 319 g/mol. The minimum Gasteiger partial charge on any atom is -0.377 e. The van der Waals surface area contributed by atoms with Crippen molar-refractivity contribution in [1.29, 1.82) is 0 Å². The Morgan fingerprint density at radius 2 is 1.89 bits per heavy atom. The molecule has 0 aliphatic heterocycles. The van der Waals surface area contributed by atoms with Crippen LogP contribution in [0, 0.1) is 6.92 Å². The van der Waals surface area contributed by atoms with Gasteiger partial charge in [0, 0.05) is 5.56 Å². The van der Waals surface area contributed by atoms with E-state index in [2.05, 4.69) is 5.32 Å². The lowest BCUT2D eigenvalue weighted by Gasteiger charge is -2.16. The molecule has 1 nitrogen and oxygen atoms in total. The van der Waals surface area contributed by atoms with E-state index in [1.165, 1.54) is 11.3 Å². The van der Waals surface area contributed by atoms with Crippen LogP contribution in [0.15, 0.2) is 24.3 Å². The van der Waals surface area contributed by atoms with Gasteiger partial charge in [-0.2, -0.15) is 0 Å². The molecule has 0 aliphatic carbocycles. The lowest BCUT2D eigenvalue weighted by Crippen LogP contribution is -2.06. The second-order valence-electron chi connectivity index (χ2n) is 4.13. The molecule has 18 heavy (non-hydrogen) atoms. The van der Waals surface area contributed by atoms with E-state index >= 15 is 0 Å². The number of rotatable bonds is 3. The zero-order chi connectivity index (χ0) is 13.3. The minimum atomic E-state index is 0.0569. The molecule has 0 aliphatic rings. The van der Waals surface area contributed by atoms with Crippen molar-refractivity contribution in [2.24, 2.45) is 0 Å². The molecule has 1 N–H and O–H groups in total. The SMILES string of the molecule is Cc1ccc(NC(C)c2cc(Cl)sc2Cl)c(Cl)c1. The van der Waals surface area contributed by atoms with Crippen molar-refractivity contribution in [3.8, 4) is 0 Å². The van der Waals surface area contributed by atoms with E-state index in [0.29, 0.717) is 13.7 Å². The van der Waals surface area contributed by atoms with Crippen LogP contribution in [0.2, 0.25) is 13.7 Å². The molecule has 5 heteroatoms. The normalized spacial score (nSPS) is 12.5. The van der Waals surface area contributed by atoms with Gasteiger partial charge in [0.1, 0.15) is 0 Å². The fourth-order valence-electron chi connectivity index (χ4n) is 1.70. The molecule has 0 amide bonds. The highest BCUT2D eigenvalue weighted by atomic mass is 35.5. The number of nitrogens with one attached hydrogen (secondary N) is 1. The summed E-state index contributed by atoms with van der Waals surface area (Å²) in [7, 11) is 0. The fourth-order valence-corrected chi connectivity index (χ4v) is 3.63. The van der Waals surface area contributed by atoms with E-state index in [0.717, 1.165) is 16.8 Å². The number of anilines is 1. The Labute approximate surface area is 126 Å². The Morgan fingerprint density at radius 3 is 2.44 bits per heavy atom. The summed E-state index contributed by atoms with van der Waals surface area (Å²) in [6, 6.07) is 7.85. The van der Waals surface area contributed by atoms with Gasteiger partial charge in [0.05, 0.1) is 25.4 Å². The van der Waals surface area contributed by atoms with Gasteiger partial charge in [-0.15, -0.1) is 11.3 Å². The number of halogens is 3. The van der Waals surface area contributed by atoms with Gasteiger partial charge in [0.15, 0.2) is 0 Å². The van der Waals surface area contributed by atoms with Crippen LogP contribution < -0.4 is 5.32 Å². The minimum absolute atomic E-state index is 0.0569. The van der Waals surface area contributed by atoms with Gasteiger partial charge in [0.25, 0.3) is 0 Å². The first-order chi connectivity index (χ1) is 8.47. The maximum Gasteiger partial charge on any atom is 0.0996 e. The lowest BCUT2D eigenvalue weighted by atomic mass is 10.1. The summed E-state index contributed by atoms with van der Waals surface area (Å²) in [5.74, 6) is 0. The van der Waals surface area contributed by atoms with Gasteiger partial charge in [-0.1, -0.05) is 40.9 Å². The molecule has 96 valence electrons. The van der Waals surface area contributed by atoms with Crippen LogP contribution in [0.5, 0.6) is 0 Å². The second kappa shape index (κ2) is 5.70. The van der Waals surface area contributed by atoms with Crippen molar-refractivity contribution in [2.45, 2.75) is 19.9 Å². The van der Waals surface area contributed by atoms with Crippen molar-refractivity contribution in [2.75, 3.05) is 5.32 Å². The maximum atomic E-state index is 6.19. The van der Waals surface area contributed by atoms with Crippen molar-refractivity contribution < 1.29 is 0 Å². The average Bonchev–Trinajstić information content (AvgIpc) is 2.62. The van der Waals surface area contributed by atoms with E-state index in [4.69, 9.17) is 34.8 Å². The summed E-state index contributed by atoms with van der Waals surface area (Å²) < 4.78 is 1.40. The van der Waals surface area contributed by atoms with Crippen LogP contribution >= 0.6 is 46.1 Å². The number of hydrogen-bond donors (Lipinski definition) is 1. The molecule has 2 rings (SSSR count). The van der Waals surface area contributed by atoms with Gasteiger partial charge < -0.3 is 5.32 Å². The van der Waals surface area contributed by atoms with Crippen LogP contribution in [-0.4, -0.2) is 0 Å². The van der Waals surface area contributed by atoms with Crippen molar-refractivity contribution in [1.82, 2.24) is 0 Å². The van der Waals surface area contributed by atoms with Gasteiger partial charge >= 0.3 is 0 Å². The van der Waals surface area contributed by atoms with E-state index < -0.39 is 0 Å². The van der Waals surface area contributed by atoms with Crippen molar-refractivity contribution in [3.05, 3.63) is 49.1 Å². The number of aryl methyl sites for hydroxylation is 1. The summed E-state index contributed by atoms with van der Waals surface area (Å²) in [6.07, 6.45) is 0. The van der Waals surface area contributed by atoms with E-state index in [9.17, 15) is 0 Å². The largest absolute Gasteiger partial charge is 0.377 e. The second-order valence-corrected chi connectivity index (χ2v) is 6.82. The summed E-state index contributed by atoms with van der Waals surface area (Å²) in [5.41, 5.74) is 3.02. The Balaban J connectivity index is 2.21. The third-order valence-electron chi connectivity index (χ3n) is 2.65. The summed E-state index contributed by atoms with van der Waals surface area (Å²) in [5, 5.41) is 4.05. The molecule has 0 radical (unpaired) electrons. The van der Waals surface area contributed by atoms with Crippen LogP contribution in [0.1, 0.15) is 24.1 Å². The molecule has 0 saturated carbocycles. The molecule has 1 aromatic heterocycles. The van der Waals surface area contributed by atoms with Gasteiger partial charge in [-0.25, -0.2) is 0 Å². The number of hydrogen-bond acceptors (Lipinski definition) is 2. The van der Waals surface area contributed by atoms with Crippen LogP contribution in [0.4, 0.5) is 5.69 Å². The topological polar surface area (TPSA) is 12.0 Å². The van der Waals surface area contributed by atoms with Crippen molar-refractivity contribution in [3.63, 3.8) is 0 Å². The van der Waals surface area contributed by atoms with Crippen LogP contribution in [-0.2, 0) is 0 Å². The summed E-state index contributed by atoms with van der Waals surface area (Å²) >= 11 is 19.6. The van der Waals surface area contributed by atoms with Crippen molar-refractivity contribution >= 4 is 51.8 Å². The molecule has 0 bridgehead atoms. The first-order valence-corrected chi connectivity index (χ1v) is 7.40. The fraction of sp³-hybridized carbons (Fsp3) is 0.231. The van der Waals surface area contributed by atoms with E-state index in [1.54, 1.807) is 0 Å². The predicted octanol–water partition coefficient (Wildman–Crippen LogP) is 6.19. The van der Waals surface area contributed by atoms with Gasteiger partial charge in [0.2, 0.25) is 0 Å². The number of thiophene rings is 1. The zero-order valence-corrected chi connectivity index (χ0v) is 13.0. The highest BCUT2D eigenvalue weighted by Crippen LogP contribution is 2.37. The van der Waals surface area contributed by atoms with E-state index in [1.807, 2.05) is 38.1 Å². The first-order valence-electron chi connectivity index (χ1n) is 5.45. The molecule has 1 aromatic carbocycles. The molecular weight excluding hydrogens is 309 g/mol. The molecule has 1 atom stereocenters. The molecule has 0 spiro atoms. The van der Waals surface area contributed by atoms with Crippen LogP contribution in [0.3, 0.4) is 0 Å². The lowest BCUT2D eigenvalue weighted by molar-refractivity contribution is 0.891. The maximum absolute atomic E-state index is 6.19. The predicted molar refractivity (Wildman–Crippen MR) is 82.6 cm³/mol. The molecule has 1 unspecified atom stereocenters. The third-order valence-corrected chi connectivity index (χ3v) is 4.48. The van der Waals surface area contributed by atoms with Gasteiger partial charge in [-0.05, 0) is 37.6 Å². The Bertz CT molecular complexity index is 565. The van der Waals surface area contributed by atoms with E-state index in [-0.39, 0.29) is 6.04 Å². The quantitative estimate of drug-likeness (QED) is 0.711. The molecule has 1 heterocycles. The molecule has 0 saturated heterocycles. The Morgan fingerprint density at radius 1 is 1.17 bits per heavy atom. The van der Waals surface area contributed by atoms with Crippen LogP contribution in [0.25, 0.3) is 0 Å². The molecular formula is C13H12Cl3NS. The third kappa shape index (κ3) is 3.12. The molecule has 0 fully saturated rings. The average molecular weight is 321 g/mol. The standard InChI is InChI=1S/C13H12Cl3NS/c1-7-3-4-11(10(14)5-7)17-8(2)9-6-12(15)18-13(9)16/h3-6,8,17H,1-2H3. The number of benzene rings is 1. The Kier molecular flexibility index (Phi) is 4.44. The highest BCUT2D eigenvalue weighted by molar-refractivity contribution is 7.20. The summed E-state index contributed by atoms with van der Waals surface area (Å²) in [4.78, 5) is 0. The smallest absolute Gasteiger partial charge is 0.0996 e. The highest BCUT2D eigenvalue weighted by Gasteiger charge is 2.14. The summed E-state index contributed by atoms with van der Waals surface area (Å²) in [6.45, 7) is 4.04. The first kappa shape index (κ1) is 14.0. The molecule has 2 aromatic rings. The Hall–Kier alpha value is -0.410. The van der Waals surface area contributed by atoms with Gasteiger partial charge in [-0.3, -0.25) is 0 Å². The zero-order valence-electron chi connectivity index (χ0n) is 9.93.